The summed E-state index contributed by atoms with van der Waals surface area (Å²) in [5.74, 6) is 0. The van der Waals surface area contributed by atoms with Crippen LogP contribution in [0.15, 0.2) is 54.9 Å². The van der Waals surface area contributed by atoms with E-state index < -0.39 is 0 Å². The second-order valence-corrected chi connectivity index (χ2v) is 8.92. The van der Waals surface area contributed by atoms with Crippen LogP contribution in [-0.4, -0.2) is 41.2 Å². The number of morpholine rings is 1. The Kier molecular flexibility index (Phi) is 6.62. The lowest BCUT2D eigenvalue weighted by Crippen LogP contribution is -2.35. The van der Waals surface area contributed by atoms with Crippen LogP contribution in [0.1, 0.15) is 33.5 Å². The first-order valence-electron chi connectivity index (χ1n) is 11.9. The number of benzene rings is 2. The molecule has 6 nitrogen and oxygen atoms in total. The largest absolute Gasteiger partial charge is 0.379 e. The van der Waals surface area contributed by atoms with E-state index in [9.17, 15) is 5.26 Å². The lowest BCUT2D eigenvalue weighted by molar-refractivity contribution is 0.0342. The smallest absolute Gasteiger partial charge is 0.103 e. The van der Waals surface area contributed by atoms with Crippen molar-refractivity contribution < 1.29 is 4.74 Å². The van der Waals surface area contributed by atoms with E-state index in [4.69, 9.17) is 4.74 Å². The zero-order valence-corrected chi connectivity index (χ0v) is 20.1. The molecule has 2 aromatic heterocycles. The third-order valence-electron chi connectivity index (χ3n) is 6.63. The van der Waals surface area contributed by atoms with Gasteiger partial charge in [-0.3, -0.25) is 9.88 Å². The van der Waals surface area contributed by atoms with Crippen LogP contribution in [0.5, 0.6) is 0 Å². The Labute approximate surface area is 205 Å². The molecule has 35 heavy (non-hydrogen) atoms. The molecule has 0 aliphatic carbocycles. The number of hydrogen-bond donors (Lipinski definition) is 2. The lowest BCUT2D eigenvalue weighted by Gasteiger charge is -2.26. The highest BCUT2D eigenvalue weighted by Crippen LogP contribution is 2.32. The first-order valence-corrected chi connectivity index (χ1v) is 11.9. The first-order chi connectivity index (χ1) is 17.1. The summed E-state index contributed by atoms with van der Waals surface area (Å²) in [7, 11) is 0. The fraction of sp³-hybridized carbons (Fsp3) is 0.241. The van der Waals surface area contributed by atoms with Gasteiger partial charge in [-0.05, 0) is 48.7 Å². The molecule has 0 radical (unpaired) electrons. The van der Waals surface area contributed by atoms with Gasteiger partial charge in [-0.1, -0.05) is 36.4 Å². The van der Waals surface area contributed by atoms with Crippen LogP contribution < -0.4 is 5.32 Å². The number of rotatable bonds is 6. The number of aromatic nitrogens is 2. The molecule has 4 aromatic rings. The Bertz CT molecular complexity index is 1410. The summed E-state index contributed by atoms with van der Waals surface area (Å²) in [5.41, 5.74) is 8.68. The fourth-order valence-corrected chi connectivity index (χ4v) is 4.53. The molecule has 1 aliphatic heterocycles. The number of fused-ring (bicyclic) bond motifs is 1. The monoisotopic (exact) mass is 463 g/mol. The molecule has 2 N–H and O–H groups in total. The van der Waals surface area contributed by atoms with E-state index in [0.717, 1.165) is 77.5 Å². The zero-order valence-electron chi connectivity index (χ0n) is 20.1. The zero-order chi connectivity index (χ0) is 24.2. The molecule has 0 spiro atoms. The predicted octanol–water partition coefficient (Wildman–Crippen LogP) is 5.80. The molecule has 1 saturated heterocycles. The van der Waals surface area contributed by atoms with Crippen LogP contribution in [-0.2, 0) is 11.3 Å². The molecule has 176 valence electrons. The SMILES string of the molecule is Cc1ncc(C#N)c(Nc2ccc3[nH]ccc3c2C)c1/C=C/c1ccc(CN2CCOCC2)cc1. The molecule has 0 amide bonds. The van der Waals surface area contributed by atoms with Gasteiger partial charge >= 0.3 is 0 Å². The van der Waals surface area contributed by atoms with Gasteiger partial charge in [0.25, 0.3) is 0 Å². The van der Waals surface area contributed by atoms with Gasteiger partial charge in [0.1, 0.15) is 6.07 Å². The standard InChI is InChI=1S/C29H29N5O/c1-20-25-11-12-31-28(25)10-9-27(20)33-29-24(17-30)18-32-21(2)26(29)8-7-22-3-5-23(6-4-22)19-34-13-15-35-16-14-34/h3-12,18,31H,13-16,19H2,1-2H3,(H,32,33)/b8-7+. The molecule has 0 unspecified atom stereocenters. The molecule has 3 heterocycles. The number of aryl methyl sites for hydroxylation is 2. The van der Waals surface area contributed by atoms with Gasteiger partial charge in [0.05, 0.1) is 24.5 Å². The molecule has 1 aliphatic rings. The summed E-state index contributed by atoms with van der Waals surface area (Å²) in [5, 5.41) is 14.5. The van der Waals surface area contributed by atoms with Crippen LogP contribution in [0.25, 0.3) is 23.1 Å². The minimum absolute atomic E-state index is 0.518. The first kappa shape index (κ1) is 22.9. The second-order valence-electron chi connectivity index (χ2n) is 8.92. The summed E-state index contributed by atoms with van der Waals surface area (Å²) in [6, 6.07) is 17.1. The normalized spacial score (nSPS) is 14.4. The van der Waals surface area contributed by atoms with Crippen molar-refractivity contribution in [2.75, 3.05) is 31.6 Å². The number of nitriles is 1. The van der Waals surface area contributed by atoms with Crippen molar-refractivity contribution in [3.63, 3.8) is 0 Å². The van der Waals surface area contributed by atoms with Crippen LogP contribution in [0.3, 0.4) is 0 Å². The Hall–Kier alpha value is -3.92. The minimum atomic E-state index is 0.518. The van der Waals surface area contributed by atoms with Crippen molar-refractivity contribution in [2.24, 2.45) is 0 Å². The molecule has 1 fully saturated rings. The van der Waals surface area contributed by atoms with Crippen molar-refractivity contribution in [1.29, 1.82) is 5.26 Å². The number of nitrogens with zero attached hydrogens (tertiary/aromatic N) is 3. The van der Waals surface area contributed by atoms with Crippen molar-refractivity contribution in [3.8, 4) is 6.07 Å². The quantitative estimate of drug-likeness (QED) is 0.378. The fourth-order valence-electron chi connectivity index (χ4n) is 4.53. The highest BCUT2D eigenvalue weighted by molar-refractivity contribution is 5.90. The minimum Gasteiger partial charge on any atom is -0.379 e. The average molecular weight is 464 g/mol. The number of nitrogens with one attached hydrogen (secondary N) is 2. The van der Waals surface area contributed by atoms with E-state index in [-0.39, 0.29) is 0 Å². The maximum Gasteiger partial charge on any atom is 0.103 e. The van der Waals surface area contributed by atoms with Crippen LogP contribution >= 0.6 is 0 Å². The third-order valence-corrected chi connectivity index (χ3v) is 6.63. The van der Waals surface area contributed by atoms with Crippen molar-refractivity contribution in [2.45, 2.75) is 20.4 Å². The summed E-state index contributed by atoms with van der Waals surface area (Å²) in [4.78, 5) is 10.1. The molecule has 2 aromatic carbocycles. The highest BCUT2D eigenvalue weighted by atomic mass is 16.5. The Morgan fingerprint density at radius 2 is 1.89 bits per heavy atom. The van der Waals surface area contributed by atoms with Crippen molar-refractivity contribution in [3.05, 3.63) is 88.4 Å². The molecule has 0 bridgehead atoms. The maximum atomic E-state index is 9.80. The predicted molar refractivity (Wildman–Crippen MR) is 141 cm³/mol. The highest BCUT2D eigenvalue weighted by Gasteiger charge is 2.14. The lowest BCUT2D eigenvalue weighted by atomic mass is 10.0. The van der Waals surface area contributed by atoms with Crippen LogP contribution in [0.4, 0.5) is 11.4 Å². The maximum absolute atomic E-state index is 9.80. The number of ether oxygens (including phenoxy) is 1. The van der Waals surface area contributed by atoms with E-state index in [1.807, 2.05) is 25.3 Å². The Balaban J connectivity index is 1.41. The van der Waals surface area contributed by atoms with E-state index in [0.29, 0.717) is 5.56 Å². The van der Waals surface area contributed by atoms with Gasteiger partial charge in [-0.15, -0.1) is 0 Å². The van der Waals surface area contributed by atoms with Crippen LogP contribution in [0, 0.1) is 25.2 Å². The van der Waals surface area contributed by atoms with Crippen molar-refractivity contribution in [1.82, 2.24) is 14.9 Å². The average Bonchev–Trinajstić information content (AvgIpc) is 3.37. The van der Waals surface area contributed by atoms with E-state index in [1.54, 1.807) is 6.20 Å². The van der Waals surface area contributed by atoms with Gasteiger partial charge in [0.15, 0.2) is 0 Å². The third kappa shape index (κ3) is 4.97. The number of H-pyrrole nitrogens is 1. The second kappa shape index (κ2) is 10.1. The van der Waals surface area contributed by atoms with E-state index >= 15 is 0 Å². The van der Waals surface area contributed by atoms with Gasteiger partial charge in [0.2, 0.25) is 0 Å². The van der Waals surface area contributed by atoms with Gasteiger partial charge in [0, 0.05) is 59.9 Å². The van der Waals surface area contributed by atoms with E-state index in [1.165, 1.54) is 5.56 Å². The molecule has 0 atom stereocenters. The number of pyridine rings is 1. The topological polar surface area (TPSA) is 77.0 Å². The van der Waals surface area contributed by atoms with Gasteiger partial charge in [-0.2, -0.15) is 5.26 Å². The molecule has 5 rings (SSSR count). The van der Waals surface area contributed by atoms with Crippen molar-refractivity contribution >= 4 is 34.4 Å². The molecule has 6 heteroatoms. The summed E-state index contributed by atoms with van der Waals surface area (Å²) in [6.07, 6.45) is 7.71. The Morgan fingerprint density at radius 3 is 2.66 bits per heavy atom. The van der Waals surface area contributed by atoms with Gasteiger partial charge in [-0.25, -0.2) is 0 Å². The van der Waals surface area contributed by atoms with Crippen LogP contribution in [0.2, 0.25) is 0 Å². The number of aromatic amines is 1. The summed E-state index contributed by atoms with van der Waals surface area (Å²) >= 11 is 0. The molecule has 0 saturated carbocycles. The van der Waals surface area contributed by atoms with E-state index in [2.05, 4.69) is 75.7 Å². The van der Waals surface area contributed by atoms with Gasteiger partial charge < -0.3 is 15.0 Å². The molecular weight excluding hydrogens is 434 g/mol. The number of anilines is 2. The Morgan fingerprint density at radius 1 is 1.09 bits per heavy atom. The summed E-state index contributed by atoms with van der Waals surface area (Å²) in [6.45, 7) is 8.59. The number of hydrogen-bond acceptors (Lipinski definition) is 5. The molecular formula is C29H29N5O. The summed E-state index contributed by atoms with van der Waals surface area (Å²) < 4.78 is 5.44.